The number of phenolic OH excluding ortho intramolecular Hbond substituents is 1. The number of amides is 1. The predicted molar refractivity (Wildman–Crippen MR) is 80.3 cm³/mol. The topological polar surface area (TPSA) is 40.5 Å². The number of hydrogen-bond acceptors (Lipinski definition) is 3. The number of nitrogens with zero attached hydrogens (tertiary/aromatic N) is 1. The van der Waals surface area contributed by atoms with Crippen molar-refractivity contribution in [3.05, 3.63) is 51.2 Å². The highest BCUT2D eigenvalue weighted by atomic mass is 32.1. The fourth-order valence-corrected chi connectivity index (χ4v) is 3.73. The molecule has 0 saturated carbocycles. The number of phenols is 1. The molecule has 0 saturated heterocycles. The van der Waals surface area contributed by atoms with E-state index in [1.807, 2.05) is 17.9 Å². The Morgan fingerprint density at radius 1 is 1.40 bits per heavy atom. The van der Waals surface area contributed by atoms with Gasteiger partial charge in [-0.25, -0.2) is 0 Å². The molecule has 1 aromatic carbocycles. The van der Waals surface area contributed by atoms with Gasteiger partial charge in [0.1, 0.15) is 5.75 Å². The lowest BCUT2D eigenvalue weighted by molar-refractivity contribution is 0.0676. The lowest BCUT2D eigenvalue weighted by atomic mass is 9.99. The summed E-state index contributed by atoms with van der Waals surface area (Å²) in [5.41, 5.74) is 2.62. The van der Waals surface area contributed by atoms with Crippen molar-refractivity contribution in [3.63, 3.8) is 0 Å². The second-order valence-electron chi connectivity index (χ2n) is 5.24. The Labute approximate surface area is 122 Å². The van der Waals surface area contributed by atoms with E-state index in [4.69, 9.17) is 0 Å². The smallest absolute Gasteiger partial charge is 0.258 e. The maximum absolute atomic E-state index is 12.7. The molecular weight excluding hydrogens is 270 g/mol. The third-order valence-corrected chi connectivity index (χ3v) is 4.92. The van der Waals surface area contributed by atoms with Gasteiger partial charge in [-0.3, -0.25) is 4.79 Å². The number of carbonyl (C=O) groups is 1. The summed E-state index contributed by atoms with van der Waals surface area (Å²) in [6.07, 6.45) is 0.898. The van der Waals surface area contributed by atoms with Crippen LogP contribution in [0.5, 0.6) is 5.75 Å². The predicted octanol–water partition coefficient (Wildman–Crippen LogP) is 3.52. The van der Waals surface area contributed by atoms with Crippen LogP contribution in [0.2, 0.25) is 0 Å². The summed E-state index contributed by atoms with van der Waals surface area (Å²) in [6.45, 7) is 4.68. The Bertz CT molecular complexity index is 662. The van der Waals surface area contributed by atoms with Crippen molar-refractivity contribution in [2.45, 2.75) is 26.3 Å². The van der Waals surface area contributed by atoms with Gasteiger partial charge in [0.15, 0.2) is 0 Å². The highest BCUT2D eigenvalue weighted by Gasteiger charge is 2.30. The zero-order chi connectivity index (χ0) is 14.3. The number of aryl methyl sites for hydroxylation is 1. The van der Waals surface area contributed by atoms with Gasteiger partial charge in [-0.05, 0) is 49.4 Å². The number of benzene rings is 1. The van der Waals surface area contributed by atoms with E-state index in [1.165, 1.54) is 10.4 Å². The van der Waals surface area contributed by atoms with Gasteiger partial charge in [-0.2, -0.15) is 0 Å². The lowest BCUT2D eigenvalue weighted by Gasteiger charge is -2.34. The average molecular weight is 287 g/mol. The molecule has 0 aliphatic carbocycles. The van der Waals surface area contributed by atoms with E-state index in [-0.39, 0.29) is 17.7 Å². The van der Waals surface area contributed by atoms with Crippen molar-refractivity contribution < 1.29 is 9.90 Å². The molecule has 0 bridgehead atoms. The molecule has 1 amide bonds. The van der Waals surface area contributed by atoms with Gasteiger partial charge in [-0.15, -0.1) is 11.3 Å². The first-order valence-corrected chi connectivity index (χ1v) is 7.62. The molecular formula is C16H17NO2S. The Balaban J connectivity index is 1.94. The van der Waals surface area contributed by atoms with Crippen LogP contribution < -0.4 is 0 Å². The van der Waals surface area contributed by atoms with Crippen LogP contribution in [0.3, 0.4) is 0 Å². The fourth-order valence-electron chi connectivity index (χ4n) is 2.76. The van der Waals surface area contributed by atoms with E-state index in [0.717, 1.165) is 12.0 Å². The van der Waals surface area contributed by atoms with Gasteiger partial charge < -0.3 is 10.0 Å². The Morgan fingerprint density at radius 3 is 3.00 bits per heavy atom. The molecule has 0 radical (unpaired) electrons. The molecule has 1 atom stereocenters. The highest BCUT2D eigenvalue weighted by molar-refractivity contribution is 7.10. The summed E-state index contributed by atoms with van der Waals surface area (Å²) in [6, 6.07) is 7.32. The fraction of sp³-hybridized carbons (Fsp3) is 0.312. The summed E-state index contributed by atoms with van der Waals surface area (Å²) in [7, 11) is 0. The number of fused-ring (bicyclic) bond motifs is 1. The first kappa shape index (κ1) is 13.2. The molecule has 4 heteroatoms. The molecule has 20 heavy (non-hydrogen) atoms. The van der Waals surface area contributed by atoms with Crippen LogP contribution in [0, 0.1) is 6.92 Å². The third kappa shape index (κ3) is 2.10. The molecule has 0 fully saturated rings. The molecule has 1 aliphatic rings. The van der Waals surface area contributed by atoms with Crippen molar-refractivity contribution in [3.8, 4) is 5.75 Å². The zero-order valence-corrected chi connectivity index (χ0v) is 12.4. The van der Waals surface area contributed by atoms with E-state index in [2.05, 4.69) is 18.4 Å². The SMILES string of the molecule is Cc1ccc(O)c(C(=O)N2CCc3sccc3C2C)c1. The monoisotopic (exact) mass is 287 g/mol. The molecule has 3 rings (SSSR count). The van der Waals surface area contributed by atoms with Crippen LogP contribution in [0.15, 0.2) is 29.6 Å². The van der Waals surface area contributed by atoms with Crippen LogP contribution >= 0.6 is 11.3 Å². The molecule has 1 N–H and O–H groups in total. The van der Waals surface area contributed by atoms with Crippen LogP contribution in [0.25, 0.3) is 0 Å². The summed E-state index contributed by atoms with van der Waals surface area (Å²) in [4.78, 5) is 15.9. The first-order chi connectivity index (χ1) is 9.58. The number of hydrogen-bond donors (Lipinski definition) is 1. The van der Waals surface area contributed by atoms with Gasteiger partial charge in [0.05, 0.1) is 11.6 Å². The average Bonchev–Trinajstić information content (AvgIpc) is 2.90. The molecule has 104 valence electrons. The molecule has 2 aromatic rings. The summed E-state index contributed by atoms with van der Waals surface area (Å²) in [5.74, 6) is -0.0283. The van der Waals surface area contributed by atoms with E-state index in [0.29, 0.717) is 12.1 Å². The minimum atomic E-state index is -0.0875. The normalized spacial score (nSPS) is 17.9. The lowest BCUT2D eigenvalue weighted by Crippen LogP contribution is -2.38. The molecule has 1 aromatic heterocycles. The van der Waals surface area contributed by atoms with E-state index in [9.17, 15) is 9.90 Å². The summed E-state index contributed by atoms with van der Waals surface area (Å²) in [5, 5.41) is 12.0. The Hall–Kier alpha value is -1.81. The van der Waals surface area contributed by atoms with E-state index < -0.39 is 0 Å². The quantitative estimate of drug-likeness (QED) is 0.871. The Kier molecular flexibility index (Phi) is 3.26. The van der Waals surface area contributed by atoms with Crippen LogP contribution in [0.4, 0.5) is 0 Å². The number of carbonyl (C=O) groups excluding carboxylic acids is 1. The maximum Gasteiger partial charge on any atom is 0.258 e. The molecule has 3 nitrogen and oxygen atoms in total. The number of thiophene rings is 1. The van der Waals surface area contributed by atoms with Crippen LogP contribution in [0.1, 0.15) is 39.3 Å². The molecule has 0 spiro atoms. The third-order valence-electron chi connectivity index (χ3n) is 3.92. The second-order valence-corrected chi connectivity index (χ2v) is 6.24. The minimum absolute atomic E-state index is 0.0592. The summed E-state index contributed by atoms with van der Waals surface area (Å²) < 4.78 is 0. The Morgan fingerprint density at radius 2 is 2.20 bits per heavy atom. The van der Waals surface area contributed by atoms with Gasteiger partial charge in [0, 0.05) is 11.4 Å². The van der Waals surface area contributed by atoms with Gasteiger partial charge >= 0.3 is 0 Å². The molecule has 2 heterocycles. The number of rotatable bonds is 1. The van der Waals surface area contributed by atoms with E-state index in [1.54, 1.807) is 23.5 Å². The zero-order valence-electron chi connectivity index (χ0n) is 11.6. The minimum Gasteiger partial charge on any atom is -0.507 e. The molecule has 1 aliphatic heterocycles. The van der Waals surface area contributed by atoms with Gasteiger partial charge in [0.2, 0.25) is 0 Å². The maximum atomic E-state index is 12.7. The number of aromatic hydroxyl groups is 1. The van der Waals surface area contributed by atoms with Crippen LogP contribution in [-0.4, -0.2) is 22.5 Å². The second kappa shape index (κ2) is 4.94. The van der Waals surface area contributed by atoms with E-state index >= 15 is 0 Å². The van der Waals surface area contributed by atoms with Gasteiger partial charge in [-0.1, -0.05) is 11.6 Å². The van der Waals surface area contributed by atoms with Crippen molar-refractivity contribution in [1.82, 2.24) is 4.90 Å². The van der Waals surface area contributed by atoms with Crippen molar-refractivity contribution >= 4 is 17.2 Å². The standard InChI is InChI=1S/C16H17NO2S/c1-10-3-4-14(18)13(9-10)16(19)17-7-5-15-12(11(17)2)6-8-20-15/h3-4,6,8-9,11,18H,5,7H2,1-2H3. The first-order valence-electron chi connectivity index (χ1n) is 6.75. The van der Waals surface area contributed by atoms with Crippen molar-refractivity contribution in [1.29, 1.82) is 0 Å². The largest absolute Gasteiger partial charge is 0.507 e. The van der Waals surface area contributed by atoms with Gasteiger partial charge in [0.25, 0.3) is 5.91 Å². The summed E-state index contributed by atoms with van der Waals surface area (Å²) >= 11 is 1.76. The van der Waals surface area contributed by atoms with Crippen molar-refractivity contribution in [2.75, 3.05) is 6.54 Å². The highest BCUT2D eigenvalue weighted by Crippen LogP contribution is 2.34. The van der Waals surface area contributed by atoms with Crippen molar-refractivity contribution in [2.24, 2.45) is 0 Å². The van der Waals surface area contributed by atoms with Crippen LogP contribution in [-0.2, 0) is 6.42 Å². The molecule has 1 unspecified atom stereocenters.